The molecule has 6 nitrogen and oxygen atoms in total. The van der Waals surface area contributed by atoms with Crippen LogP contribution in [0.4, 0.5) is 4.39 Å². The zero-order valence-electron chi connectivity index (χ0n) is 15.4. The summed E-state index contributed by atoms with van der Waals surface area (Å²) in [6, 6.07) is 3.99. The molecule has 0 radical (unpaired) electrons. The molecule has 1 fully saturated rings. The third-order valence-electron chi connectivity index (χ3n) is 5.03. The van der Waals surface area contributed by atoms with E-state index in [4.69, 9.17) is 0 Å². The first-order valence-electron chi connectivity index (χ1n) is 8.89. The monoisotopic (exact) mass is 366 g/mol. The summed E-state index contributed by atoms with van der Waals surface area (Å²) >= 11 is 0. The summed E-state index contributed by atoms with van der Waals surface area (Å²) in [7, 11) is 0. The quantitative estimate of drug-likeness (QED) is 0.706. The van der Waals surface area contributed by atoms with Crippen LogP contribution in [0.2, 0.25) is 0 Å². The molecule has 7 heteroatoms. The number of hydrogen-bond acceptors (Lipinski definition) is 4. The maximum atomic E-state index is 13.1. The van der Waals surface area contributed by atoms with Gasteiger partial charge in [0.15, 0.2) is 0 Å². The SMILES string of the molecule is CC(C)C(C)C(=O)N1CC(O)CC1C(=O)NC(CO)c1ccc(F)cc1. The second-order valence-electron chi connectivity index (χ2n) is 7.22. The molecule has 3 N–H and O–H groups in total. The van der Waals surface area contributed by atoms with E-state index in [1.165, 1.54) is 29.2 Å². The predicted octanol–water partition coefficient (Wildman–Crippen LogP) is 1.23. The highest BCUT2D eigenvalue weighted by Crippen LogP contribution is 2.24. The number of amides is 2. The molecule has 1 aliphatic heterocycles. The molecule has 0 saturated carbocycles. The highest BCUT2D eigenvalue weighted by Gasteiger charge is 2.41. The molecule has 1 aromatic carbocycles. The molecule has 4 unspecified atom stereocenters. The van der Waals surface area contributed by atoms with Crippen molar-refractivity contribution in [3.8, 4) is 0 Å². The number of carbonyl (C=O) groups excluding carboxylic acids is 2. The van der Waals surface area contributed by atoms with Crippen molar-refractivity contribution in [2.75, 3.05) is 13.2 Å². The molecule has 1 heterocycles. The van der Waals surface area contributed by atoms with E-state index in [9.17, 15) is 24.2 Å². The first kappa shape index (κ1) is 20.3. The average Bonchev–Trinajstić information content (AvgIpc) is 3.00. The maximum Gasteiger partial charge on any atom is 0.243 e. The number of halogens is 1. The van der Waals surface area contributed by atoms with Crippen LogP contribution >= 0.6 is 0 Å². The Hall–Kier alpha value is -1.99. The fourth-order valence-corrected chi connectivity index (χ4v) is 3.05. The number of carbonyl (C=O) groups is 2. The van der Waals surface area contributed by atoms with Crippen LogP contribution in [-0.4, -0.2) is 52.2 Å². The van der Waals surface area contributed by atoms with E-state index in [0.29, 0.717) is 5.56 Å². The Kier molecular flexibility index (Phi) is 6.72. The van der Waals surface area contributed by atoms with E-state index in [1.807, 2.05) is 20.8 Å². The lowest BCUT2D eigenvalue weighted by Crippen LogP contribution is -2.49. The van der Waals surface area contributed by atoms with Gasteiger partial charge >= 0.3 is 0 Å². The Morgan fingerprint density at radius 3 is 2.42 bits per heavy atom. The van der Waals surface area contributed by atoms with E-state index in [2.05, 4.69) is 5.32 Å². The third-order valence-corrected chi connectivity index (χ3v) is 5.03. The molecule has 2 rings (SSSR count). The minimum absolute atomic E-state index is 0.119. The van der Waals surface area contributed by atoms with Gasteiger partial charge in [0, 0.05) is 18.9 Å². The molecule has 1 saturated heterocycles. The van der Waals surface area contributed by atoms with Gasteiger partial charge in [-0.25, -0.2) is 4.39 Å². The molecule has 0 aromatic heterocycles. The second kappa shape index (κ2) is 8.60. The first-order chi connectivity index (χ1) is 12.2. The molecular formula is C19H27FN2O4. The van der Waals surface area contributed by atoms with Gasteiger partial charge in [-0.3, -0.25) is 9.59 Å². The summed E-state index contributed by atoms with van der Waals surface area (Å²) in [5, 5.41) is 22.3. The van der Waals surface area contributed by atoms with Crippen molar-refractivity contribution in [1.29, 1.82) is 0 Å². The Morgan fingerprint density at radius 1 is 1.27 bits per heavy atom. The minimum atomic E-state index is -0.784. The number of rotatable bonds is 6. The Morgan fingerprint density at radius 2 is 1.88 bits per heavy atom. The maximum absolute atomic E-state index is 13.1. The number of hydrogen-bond donors (Lipinski definition) is 3. The third kappa shape index (κ3) is 4.59. The Labute approximate surface area is 153 Å². The fourth-order valence-electron chi connectivity index (χ4n) is 3.05. The topological polar surface area (TPSA) is 89.9 Å². The number of aliphatic hydroxyl groups is 2. The van der Waals surface area contributed by atoms with Crippen LogP contribution in [0.3, 0.4) is 0 Å². The summed E-state index contributed by atoms with van der Waals surface area (Å²) < 4.78 is 13.1. The number of aliphatic hydroxyl groups excluding tert-OH is 2. The highest BCUT2D eigenvalue weighted by atomic mass is 19.1. The molecule has 26 heavy (non-hydrogen) atoms. The summed E-state index contributed by atoms with van der Waals surface area (Å²) in [5.41, 5.74) is 0.564. The molecule has 0 spiro atoms. The van der Waals surface area contributed by atoms with Crippen molar-refractivity contribution in [1.82, 2.24) is 10.2 Å². The standard InChI is InChI=1S/C19H27FN2O4/c1-11(2)12(3)19(26)22-9-15(24)8-17(22)18(25)21-16(10-23)13-4-6-14(20)7-5-13/h4-7,11-12,15-17,23-24H,8-10H2,1-3H3,(H,21,25). The lowest BCUT2D eigenvalue weighted by molar-refractivity contribution is -0.142. The first-order valence-corrected chi connectivity index (χ1v) is 8.89. The van der Waals surface area contributed by atoms with Crippen LogP contribution in [0, 0.1) is 17.7 Å². The lowest BCUT2D eigenvalue weighted by Gasteiger charge is -2.29. The molecule has 1 aromatic rings. The minimum Gasteiger partial charge on any atom is -0.394 e. The molecule has 0 bridgehead atoms. The van der Waals surface area contributed by atoms with Crippen molar-refractivity contribution < 1.29 is 24.2 Å². The van der Waals surface area contributed by atoms with E-state index in [1.54, 1.807) is 0 Å². The van der Waals surface area contributed by atoms with Crippen LogP contribution in [0.1, 0.15) is 38.8 Å². The van der Waals surface area contributed by atoms with Gasteiger partial charge < -0.3 is 20.4 Å². The van der Waals surface area contributed by atoms with Gasteiger partial charge in [-0.05, 0) is 23.6 Å². The zero-order chi connectivity index (χ0) is 19.4. The van der Waals surface area contributed by atoms with Crippen LogP contribution in [0.25, 0.3) is 0 Å². The van der Waals surface area contributed by atoms with Gasteiger partial charge in [0.05, 0.1) is 18.8 Å². The normalized spacial score (nSPS) is 22.3. The average molecular weight is 366 g/mol. The van der Waals surface area contributed by atoms with Crippen molar-refractivity contribution >= 4 is 11.8 Å². The van der Waals surface area contributed by atoms with Gasteiger partial charge in [-0.1, -0.05) is 32.9 Å². The molecule has 2 amide bonds. The highest BCUT2D eigenvalue weighted by molar-refractivity contribution is 5.89. The van der Waals surface area contributed by atoms with Gasteiger partial charge in [0.2, 0.25) is 11.8 Å². The summed E-state index contributed by atoms with van der Waals surface area (Å²) in [6.07, 6.45) is -0.600. The van der Waals surface area contributed by atoms with Crippen molar-refractivity contribution in [3.63, 3.8) is 0 Å². The van der Waals surface area contributed by atoms with E-state index < -0.39 is 29.9 Å². The van der Waals surface area contributed by atoms with E-state index in [-0.39, 0.29) is 37.3 Å². The summed E-state index contributed by atoms with van der Waals surface area (Å²) in [4.78, 5) is 26.8. The fraction of sp³-hybridized carbons (Fsp3) is 0.579. The number of nitrogens with zero attached hydrogens (tertiary/aromatic N) is 1. The largest absolute Gasteiger partial charge is 0.394 e. The molecule has 4 atom stereocenters. The van der Waals surface area contributed by atoms with Crippen molar-refractivity contribution in [2.45, 2.75) is 45.4 Å². The Balaban J connectivity index is 2.12. The lowest BCUT2D eigenvalue weighted by atomic mass is 9.96. The van der Waals surface area contributed by atoms with Crippen molar-refractivity contribution in [2.24, 2.45) is 11.8 Å². The molecule has 1 aliphatic rings. The van der Waals surface area contributed by atoms with Crippen molar-refractivity contribution in [3.05, 3.63) is 35.6 Å². The van der Waals surface area contributed by atoms with Crippen LogP contribution in [-0.2, 0) is 9.59 Å². The van der Waals surface area contributed by atoms with Gasteiger partial charge in [0.1, 0.15) is 11.9 Å². The molecule has 144 valence electrons. The van der Waals surface area contributed by atoms with E-state index in [0.717, 1.165) is 0 Å². The van der Waals surface area contributed by atoms with Gasteiger partial charge in [0.25, 0.3) is 0 Å². The summed E-state index contributed by atoms with van der Waals surface area (Å²) in [6.45, 7) is 5.43. The number of benzene rings is 1. The van der Waals surface area contributed by atoms with E-state index >= 15 is 0 Å². The number of β-amino-alcohol motifs (C(OH)–C–C–N with tert-alkyl or cyclic N) is 1. The zero-order valence-corrected chi connectivity index (χ0v) is 15.4. The smallest absolute Gasteiger partial charge is 0.243 e. The Bertz CT molecular complexity index is 635. The second-order valence-corrected chi connectivity index (χ2v) is 7.22. The van der Waals surface area contributed by atoms with Crippen LogP contribution in [0.5, 0.6) is 0 Å². The number of likely N-dealkylation sites (tertiary alicyclic amines) is 1. The molecule has 0 aliphatic carbocycles. The van der Waals surface area contributed by atoms with Crippen LogP contribution in [0.15, 0.2) is 24.3 Å². The van der Waals surface area contributed by atoms with Crippen LogP contribution < -0.4 is 5.32 Å². The van der Waals surface area contributed by atoms with Gasteiger partial charge in [-0.2, -0.15) is 0 Å². The summed E-state index contributed by atoms with van der Waals surface area (Å²) in [5.74, 6) is -1.15. The van der Waals surface area contributed by atoms with Gasteiger partial charge in [-0.15, -0.1) is 0 Å². The number of nitrogens with one attached hydrogen (secondary N) is 1. The molecular weight excluding hydrogens is 339 g/mol. The predicted molar refractivity (Wildman–Crippen MR) is 94.5 cm³/mol.